The average Bonchev–Trinajstić information content (AvgIpc) is 2.70. The van der Waals surface area contributed by atoms with E-state index in [9.17, 15) is 23.1 Å². The van der Waals surface area contributed by atoms with Crippen molar-refractivity contribution in [3.63, 3.8) is 0 Å². The summed E-state index contributed by atoms with van der Waals surface area (Å²) in [6.45, 7) is 8.69. The van der Waals surface area contributed by atoms with Gasteiger partial charge in [0.05, 0.1) is 16.1 Å². The summed E-state index contributed by atoms with van der Waals surface area (Å²) in [6, 6.07) is 6.88. The maximum Gasteiger partial charge on any atom is 0.335 e. The van der Waals surface area contributed by atoms with Crippen molar-refractivity contribution in [2.24, 2.45) is 11.8 Å². The molecule has 6 nitrogen and oxygen atoms in total. The third-order valence-corrected chi connectivity index (χ3v) is 9.16. The third-order valence-electron chi connectivity index (χ3n) is 6.38. The van der Waals surface area contributed by atoms with Crippen LogP contribution in [-0.2, 0) is 14.6 Å². The maximum atomic E-state index is 12.7. The molecule has 0 unspecified atom stereocenters. The predicted octanol–water partition coefficient (Wildman–Crippen LogP) is 4.58. The van der Waals surface area contributed by atoms with E-state index in [0.29, 0.717) is 13.0 Å². The molecule has 7 heteroatoms. The van der Waals surface area contributed by atoms with E-state index >= 15 is 0 Å². The van der Waals surface area contributed by atoms with Crippen LogP contribution < -0.4 is 4.90 Å². The first kappa shape index (κ1) is 25.4. The summed E-state index contributed by atoms with van der Waals surface area (Å²) in [6.07, 6.45) is 4.39. The quantitative estimate of drug-likeness (QED) is 0.560. The summed E-state index contributed by atoms with van der Waals surface area (Å²) >= 11 is 0. The van der Waals surface area contributed by atoms with E-state index in [0.717, 1.165) is 44.3 Å². The Morgan fingerprint density at radius 2 is 1.77 bits per heavy atom. The highest BCUT2D eigenvalue weighted by atomic mass is 32.2. The second kappa shape index (κ2) is 10.6. The number of ketones is 1. The standard InChI is InChI=1S/C24H37NO5S/c1-5-25(21-9-6-8-20(16-21)23(27)28)15-7-10-22(26)19-13-11-18(12-14-19)17-31(29,30)24(2,3)4/h6,8-9,16,18-19H,5,7,10-15,17H2,1-4H3,(H,27,28). The van der Waals surface area contributed by atoms with E-state index in [1.807, 2.05) is 13.0 Å². The molecule has 1 aromatic rings. The summed E-state index contributed by atoms with van der Waals surface area (Å²) in [5, 5.41) is 9.18. The Balaban J connectivity index is 1.80. The molecule has 0 aliphatic heterocycles. The zero-order valence-corrected chi connectivity index (χ0v) is 20.1. The van der Waals surface area contributed by atoms with Gasteiger partial charge in [0.2, 0.25) is 0 Å². The monoisotopic (exact) mass is 451 g/mol. The number of hydrogen-bond donors (Lipinski definition) is 1. The number of benzene rings is 1. The number of carbonyl (C=O) groups excluding carboxylic acids is 1. The van der Waals surface area contributed by atoms with E-state index in [-0.39, 0.29) is 28.9 Å². The summed E-state index contributed by atoms with van der Waals surface area (Å²) < 4.78 is 24.2. The van der Waals surface area contributed by atoms with Crippen LogP contribution in [0, 0.1) is 11.8 Å². The fraction of sp³-hybridized carbons (Fsp3) is 0.667. The molecule has 0 spiro atoms. The number of carboxylic acid groups (broad SMARTS) is 1. The second-order valence-electron chi connectivity index (χ2n) is 9.62. The Kier molecular flexibility index (Phi) is 8.69. The lowest BCUT2D eigenvalue weighted by molar-refractivity contribution is -0.124. The van der Waals surface area contributed by atoms with E-state index < -0.39 is 20.6 Å². The van der Waals surface area contributed by atoms with Crippen LogP contribution in [0.1, 0.15) is 76.6 Å². The van der Waals surface area contributed by atoms with Gasteiger partial charge < -0.3 is 10.0 Å². The number of anilines is 1. The fourth-order valence-corrected chi connectivity index (χ4v) is 5.62. The number of sulfone groups is 1. The van der Waals surface area contributed by atoms with Gasteiger partial charge in [-0.2, -0.15) is 0 Å². The highest BCUT2D eigenvalue weighted by Crippen LogP contribution is 2.33. The minimum atomic E-state index is -3.12. The molecular formula is C24H37NO5S. The molecule has 0 amide bonds. The first-order valence-corrected chi connectivity index (χ1v) is 12.9. The van der Waals surface area contributed by atoms with Crippen LogP contribution in [0.4, 0.5) is 5.69 Å². The van der Waals surface area contributed by atoms with Gasteiger partial charge in [-0.3, -0.25) is 4.79 Å². The fourth-order valence-electron chi connectivity index (χ4n) is 4.17. The van der Waals surface area contributed by atoms with Crippen LogP contribution in [0.15, 0.2) is 24.3 Å². The van der Waals surface area contributed by atoms with Crippen molar-refractivity contribution in [1.82, 2.24) is 0 Å². The highest BCUT2D eigenvalue weighted by molar-refractivity contribution is 7.92. The minimum absolute atomic E-state index is 0.0407. The van der Waals surface area contributed by atoms with Gasteiger partial charge in [-0.1, -0.05) is 6.07 Å². The van der Waals surface area contributed by atoms with Gasteiger partial charge >= 0.3 is 5.97 Å². The molecule has 1 aliphatic carbocycles. The van der Waals surface area contributed by atoms with Crippen LogP contribution in [0.2, 0.25) is 0 Å². The number of Topliss-reactive ketones (excluding diaryl/α,β-unsaturated/α-hetero) is 1. The van der Waals surface area contributed by atoms with Crippen molar-refractivity contribution in [3.05, 3.63) is 29.8 Å². The Labute approximate surface area is 186 Å². The van der Waals surface area contributed by atoms with Gasteiger partial charge in [-0.15, -0.1) is 0 Å². The maximum absolute atomic E-state index is 12.7. The van der Waals surface area contributed by atoms with Gasteiger partial charge in [0.1, 0.15) is 5.78 Å². The molecular weight excluding hydrogens is 414 g/mol. The molecule has 0 bridgehead atoms. The molecule has 1 aliphatic rings. The molecule has 1 fully saturated rings. The Hall–Kier alpha value is -1.89. The van der Waals surface area contributed by atoms with Gasteiger partial charge in [0.15, 0.2) is 9.84 Å². The summed E-state index contributed by atoms with van der Waals surface area (Å²) in [5.41, 5.74) is 1.12. The number of carboxylic acids is 1. The van der Waals surface area contributed by atoms with Crippen LogP contribution in [-0.4, -0.2) is 48.9 Å². The Morgan fingerprint density at radius 1 is 1.13 bits per heavy atom. The lowest BCUT2D eigenvalue weighted by atomic mass is 9.80. The number of nitrogens with zero attached hydrogens (tertiary/aromatic N) is 1. The topological polar surface area (TPSA) is 91.8 Å². The second-order valence-corrected chi connectivity index (χ2v) is 12.4. The molecule has 2 rings (SSSR count). The van der Waals surface area contributed by atoms with Crippen LogP contribution in [0.5, 0.6) is 0 Å². The van der Waals surface area contributed by atoms with Crippen molar-refractivity contribution >= 4 is 27.3 Å². The first-order chi connectivity index (χ1) is 14.4. The minimum Gasteiger partial charge on any atom is -0.478 e. The SMILES string of the molecule is CCN(CCCC(=O)C1CCC(CS(=O)(=O)C(C)(C)C)CC1)c1cccc(C(=O)O)c1. The third kappa shape index (κ3) is 7.06. The van der Waals surface area contributed by atoms with E-state index in [1.165, 1.54) is 0 Å². The van der Waals surface area contributed by atoms with Crippen molar-refractivity contribution in [1.29, 1.82) is 0 Å². The van der Waals surface area contributed by atoms with Gasteiger partial charge in [-0.05, 0) is 83.9 Å². The number of hydrogen-bond acceptors (Lipinski definition) is 5. The smallest absolute Gasteiger partial charge is 0.335 e. The predicted molar refractivity (Wildman–Crippen MR) is 125 cm³/mol. The largest absolute Gasteiger partial charge is 0.478 e. The summed E-state index contributed by atoms with van der Waals surface area (Å²) in [5.74, 6) is -0.256. The Bertz CT molecular complexity index is 864. The van der Waals surface area contributed by atoms with Crippen LogP contribution in [0.25, 0.3) is 0 Å². The Morgan fingerprint density at radius 3 is 2.32 bits per heavy atom. The van der Waals surface area contributed by atoms with Crippen LogP contribution in [0.3, 0.4) is 0 Å². The van der Waals surface area contributed by atoms with Crippen molar-refractivity contribution in [2.75, 3.05) is 23.7 Å². The van der Waals surface area contributed by atoms with Crippen molar-refractivity contribution in [3.8, 4) is 0 Å². The van der Waals surface area contributed by atoms with E-state index in [1.54, 1.807) is 39.0 Å². The molecule has 0 heterocycles. The number of carbonyl (C=O) groups is 2. The zero-order chi connectivity index (χ0) is 23.2. The van der Waals surface area contributed by atoms with Gasteiger partial charge in [0, 0.05) is 31.1 Å². The van der Waals surface area contributed by atoms with Crippen LogP contribution >= 0.6 is 0 Å². The van der Waals surface area contributed by atoms with Crippen molar-refractivity contribution < 1.29 is 23.1 Å². The molecule has 1 N–H and O–H groups in total. The average molecular weight is 452 g/mol. The lowest BCUT2D eigenvalue weighted by Crippen LogP contribution is -2.35. The molecule has 0 aromatic heterocycles. The summed E-state index contributed by atoms with van der Waals surface area (Å²) in [7, 11) is -3.12. The highest BCUT2D eigenvalue weighted by Gasteiger charge is 2.34. The molecule has 0 radical (unpaired) electrons. The number of aromatic carboxylic acids is 1. The molecule has 174 valence electrons. The zero-order valence-electron chi connectivity index (χ0n) is 19.3. The van der Waals surface area contributed by atoms with E-state index in [2.05, 4.69) is 4.90 Å². The normalized spacial score (nSPS) is 19.7. The van der Waals surface area contributed by atoms with Gasteiger partial charge in [0.25, 0.3) is 0 Å². The lowest BCUT2D eigenvalue weighted by Gasteiger charge is -2.30. The summed E-state index contributed by atoms with van der Waals surface area (Å²) in [4.78, 5) is 26.0. The molecule has 0 saturated heterocycles. The molecule has 1 aromatic carbocycles. The van der Waals surface area contributed by atoms with E-state index in [4.69, 9.17) is 0 Å². The van der Waals surface area contributed by atoms with Gasteiger partial charge in [-0.25, -0.2) is 13.2 Å². The molecule has 1 saturated carbocycles. The number of rotatable bonds is 10. The van der Waals surface area contributed by atoms with Crippen molar-refractivity contribution in [2.45, 2.75) is 71.0 Å². The first-order valence-electron chi connectivity index (χ1n) is 11.3. The molecule has 0 atom stereocenters. The molecule has 31 heavy (non-hydrogen) atoms.